The van der Waals surface area contributed by atoms with E-state index in [1.807, 2.05) is 12.1 Å². The van der Waals surface area contributed by atoms with E-state index in [9.17, 15) is 0 Å². The second-order valence-corrected chi connectivity index (χ2v) is 4.98. The molecule has 0 aliphatic heterocycles. The molecule has 1 aromatic heterocycles. The molecule has 0 bridgehead atoms. The molecule has 0 nitrogen and oxygen atoms in total. The van der Waals surface area contributed by atoms with Crippen molar-refractivity contribution in [1.82, 2.24) is 0 Å². The smallest absolute Gasteiger partial charge is 0.0491 e. The second-order valence-electron chi connectivity index (χ2n) is 3.62. The summed E-state index contributed by atoms with van der Waals surface area (Å²) >= 11 is 8.00. The van der Waals surface area contributed by atoms with Crippen molar-refractivity contribution >= 4 is 22.9 Å². The molecule has 0 fully saturated rings. The van der Waals surface area contributed by atoms with E-state index in [0.29, 0.717) is 0 Å². The summed E-state index contributed by atoms with van der Waals surface area (Å²) in [4.78, 5) is 1.27. The molecule has 2 heteroatoms. The van der Waals surface area contributed by atoms with Crippen LogP contribution in [0.1, 0.15) is 0 Å². The van der Waals surface area contributed by atoms with Crippen LogP contribution in [-0.4, -0.2) is 0 Å². The van der Waals surface area contributed by atoms with Crippen LogP contribution in [0.25, 0.3) is 21.6 Å². The number of fused-ring (bicyclic) bond motifs is 1. The zero-order valence-electron chi connectivity index (χ0n) is 8.48. The van der Waals surface area contributed by atoms with Gasteiger partial charge in [-0.15, -0.1) is 11.3 Å². The van der Waals surface area contributed by atoms with Gasteiger partial charge in [0.25, 0.3) is 0 Å². The van der Waals surface area contributed by atoms with Gasteiger partial charge in [0.05, 0.1) is 0 Å². The van der Waals surface area contributed by atoms with Gasteiger partial charge < -0.3 is 0 Å². The topological polar surface area (TPSA) is 0 Å². The third-order valence-electron chi connectivity index (χ3n) is 2.64. The van der Waals surface area contributed by atoms with E-state index in [4.69, 9.17) is 11.6 Å². The van der Waals surface area contributed by atoms with Gasteiger partial charge in [-0.2, -0.15) is 0 Å². The van der Waals surface area contributed by atoms with Crippen LogP contribution in [0.4, 0.5) is 0 Å². The van der Waals surface area contributed by atoms with E-state index < -0.39 is 0 Å². The van der Waals surface area contributed by atoms with Gasteiger partial charge in [0, 0.05) is 21.0 Å². The first-order valence-electron chi connectivity index (χ1n) is 5.07. The highest BCUT2D eigenvalue weighted by molar-refractivity contribution is 7.13. The van der Waals surface area contributed by atoms with Gasteiger partial charge in [-0.3, -0.25) is 0 Å². The average Bonchev–Trinajstić information content (AvgIpc) is 2.82. The Morgan fingerprint density at radius 2 is 1.62 bits per heavy atom. The first kappa shape index (κ1) is 9.88. The van der Waals surface area contributed by atoms with Crippen LogP contribution in [0.15, 0.2) is 53.9 Å². The molecule has 16 heavy (non-hydrogen) atoms. The monoisotopic (exact) mass is 244 g/mol. The highest BCUT2D eigenvalue weighted by Crippen LogP contribution is 2.42. The maximum absolute atomic E-state index is 6.26. The quantitative estimate of drug-likeness (QED) is 0.554. The molecule has 1 heterocycles. The summed E-state index contributed by atoms with van der Waals surface area (Å²) in [5.41, 5.74) is 3.57. The number of hydrogen-bond donors (Lipinski definition) is 0. The SMILES string of the molecule is Clc1cc(-c2cccs2)c2cccccc1-2. The zero-order valence-corrected chi connectivity index (χ0v) is 10.1. The van der Waals surface area contributed by atoms with Crippen molar-refractivity contribution in [2.24, 2.45) is 0 Å². The van der Waals surface area contributed by atoms with Crippen molar-refractivity contribution in [2.45, 2.75) is 0 Å². The summed E-state index contributed by atoms with van der Waals surface area (Å²) < 4.78 is 0. The van der Waals surface area contributed by atoms with E-state index in [-0.39, 0.29) is 0 Å². The minimum atomic E-state index is 0.828. The Morgan fingerprint density at radius 3 is 2.38 bits per heavy atom. The first-order valence-corrected chi connectivity index (χ1v) is 6.33. The maximum atomic E-state index is 6.26. The van der Waals surface area contributed by atoms with Crippen LogP contribution in [0.3, 0.4) is 0 Å². The molecule has 0 radical (unpaired) electrons. The van der Waals surface area contributed by atoms with Crippen LogP contribution >= 0.6 is 22.9 Å². The van der Waals surface area contributed by atoms with Gasteiger partial charge in [0.1, 0.15) is 0 Å². The van der Waals surface area contributed by atoms with Gasteiger partial charge in [0.2, 0.25) is 0 Å². The average molecular weight is 245 g/mol. The standard InChI is InChI=1S/C14H9ClS/c15-13-9-12(14-7-4-8-16-14)10-5-2-1-3-6-11(10)13/h1-9H. The van der Waals surface area contributed by atoms with Gasteiger partial charge in [-0.1, -0.05) is 48.0 Å². The molecule has 78 valence electrons. The number of thiophene rings is 1. The summed E-state index contributed by atoms with van der Waals surface area (Å²) in [7, 11) is 0. The molecular formula is C14H9ClS. The fourth-order valence-corrected chi connectivity index (χ4v) is 2.94. The number of hydrogen-bond acceptors (Lipinski definition) is 1. The lowest BCUT2D eigenvalue weighted by Gasteiger charge is -1.97. The summed E-state index contributed by atoms with van der Waals surface area (Å²) in [6.45, 7) is 0. The minimum Gasteiger partial charge on any atom is -0.144 e. The van der Waals surface area contributed by atoms with Crippen LogP contribution in [-0.2, 0) is 0 Å². The fraction of sp³-hybridized carbons (Fsp3) is 0. The van der Waals surface area contributed by atoms with E-state index >= 15 is 0 Å². The predicted molar refractivity (Wildman–Crippen MR) is 71.4 cm³/mol. The molecule has 3 rings (SSSR count). The Morgan fingerprint density at radius 1 is 0.812 bits per heavy atom. The van der Waals surface area contributed by atoms with Crippen molar-refractivity contribution in [3.8, 4) is 21.6 Å². The molecular weight excluding hydrogens is 236 g/mol. The van der Waals surface area contributed by atoms with Crippen LogP contribution < -0.4 is 0 Å². The van der Waals surface area contributed by atoms with Gasteiger partial charge >= 0.3 is 0 Å². The van der Waals surface area contributed by atoms with Gasteiger partial charge in [0.15, 0.2) is 0 Å². The molecule has 0 atom stereocenters. The summed E-state index contributed by atoms with van der Waals surface area (Å²) in [5, 5.41) is 2.92. The number of halogens is 1. The lowest BCUT2D eigenvalue weighted by Crippen LogP contribution is -1.70. The van der Waals surface area contributed by atoms with Crippen molar-refractivity contribution in [3.05, 3.63) is 58.9 Å². The van der Waals surface area contributed by atoms with Crippen LogP contribution in [0, 0.1) is 0 Å². The number of rotatable bonds is 1. The second kappa shape index (κ2) is 3.93. The Labute approximate surface area is 103 Å². The molecule has 0 amide bonds. The Balaban J connectivity index is 2.30. The Hall–Kier alpha value is -1.31. The summed E-state index contributed by atoms with van der Waals surface area (Å²) in [6, 6.07) is 16.5. The molecule has 0 aromatic carbocycles. The van der Waals surface area contributed by atoms with E-state index in [1.54, 1.807) is 11.3 Å². The fourth-order valence-electron chi connectivity index (χ4n) is 1.91. The molecule has 1 aromatic rings. The predicted octanol–water partition coefficient (Wildman–Crippen LogP) is 5.17. The molecule has 0 saturated carbocycles. The highest BCUT2D eigenvalue weighted by atomic mass is 35.5. The van der Waals surface area contributed by atoms with Crippen molar-refractivity contribution < 1.29 is 0 Å². The Kier molecular flexibility index (Phi) is 2.43. The van der Waals surface area contributed by atoms with Gasteiger partial charge in [-0.05, 0) is 23.1 Å². The molecule has 0 saturated heterocycles. The third-order valence-corrected chi connectivity index (χ3v) is 3.86. The molecule has 2 aliphatic carbocycles. The molecule has 0 spiro atoms. The van der Waals surface area contributed by atoms with Crippen LogP contribution in [0.2, 0.25) is 5.02 Å². The highest BCUT2D eigenvalue weighted by Gasteiger charge is 2.14. The Bertz CT molecular complexity index is 584. The largest absolute Gasteiger partial charge is 0.144 e. The maximum Gasteiger partial charge on any atom is 0.0491 e. The normalized spacial score (nSPS) is 10.8. The van der Waals surface area contributed by atoms with E-state index in [1.165, 1.54) is 16.0 Å². The lowest BCUT2D eigenvalue weighted by atomic mass is 10.1. The van der Waals surface area contributed by atoms with E-state index in [0.717, 1.165) is 10.6 Å². The minimum absolute atomic E-state index is 0.828. The lowest BCUT2D eigenvalue weighted by molar-refractivity contribution is 1.81. The van der Waals surface area contributed by atoms with E-state index in [2.05, 4.69) is 41.8 Å². The first-order chi connectivity index (χ1) is 7.86. The molecule has 0 unspecified atom stereocenters. The third kappa shape index (κ3) is 1.53. The zero-order chi connectivity index (χ0) is 11.0. The van der Waals surface area contributed by atoms with Crippen molar-refractivity contribution in [2.75, 3.05) is 0 Å². The molecule has 2 aliphatic rings. The summed E-state index contributed by atoms with van der Waals surface area (Å²) in [5.74, 6) is 0. The van der Waals surface area contributed by atoms with Crippen molar-refractivity contribution in [3.63, 3.8) is 0 Å². The summed E-state index contributed by atoms with van der Waals surface area (Å²) in [6.07, 6.45) is 0. The van der Waals surface area contributed by atoms with Gasteiger partial charge in [-0.25, -0.2) is 0 Å². The van der Waals surface area contributed by atoms with Crippen molar-refractivity contribution in [1.29, 1.82) is 0 Å². The molecule has 0 N–H and O–H groups in total. The van der Waals surface area contributed by atoms with Crippen LogP contribution in [0.5, 0.6) is 0 Å².